The van der Waals surface area contributed by atoms with Crippen molar-refractivity contribution in [2.24, 2.45) is 0 Å². The van der Waals surface area contributed by atoms with Crippen molar-refractivity contribution in [2.45, 2.75) is 12.7 Å². The van der Waals surface area contributed by atoms with Crippen LogP contribution in [-0.4, -0.2) is 28.6 Å². The van der Waals surface area contributed by atoms with E-state index in [1.165, 1.54) is 36.5 Å². The molecule has 1 aromatic heterocycles. The number of carbonyl (C=O) groups excluding carboxylic acids is 1. The lowest BCUT2D eigenvalue weighted by molar-refractivity contribution is -0.384. The fraction of sp³-hybridized carbons (Fsp3) is 0.200. The summed E-state index contributed by atoms with van der Waals surface area (Å²) in [5, 5.41) is 13.4. The summed E-state index contributed by atoms with van der Waals surface area (Å²) < 4.78 is 41.3. The summed E-state index contributed by atoms with van der Waals surface area (Å²) in [6.07, 6.45) is -3.40. The molecule has 1 amide bonds. The van der Waals surface area contributed by atoms with E-state index in [0.29, 0.717) is 0 Å². The Morgan fingerprint density at radius 3 is 2.73 bits per heavy atom. The largest absolute Gasteiger partial charge is 0.467 e. The van der Waals surface area contributed by atoms with Gasteiger partial charge in [0.15, 0.2) is 6.61 Å². The van der Waals surface area contributed by atoms with Gasteiger partial charge in [0.25, 0.3) is 11.6 Å². The predicted molar refractivity (Wildman–Crippen MR) is 85.1 cm³/mol. The highest BCUT2D eigenvalue weighted by Crippen LogP contribution is 2.23. The smallest absolute Gasteiger partial charge is 0.422 e. The van der Waals surface area contributed by atoms with Crippen LogP contribution in [0.15, 0.2) is 36.5 Å². The fourth-order valence-electron chi connectivity index (χ4n) is 1.91. The van der Waals surface area contributed by atoms with Crippen LogP contribution >= 0.6 is 11.6 Å². The van der Waals surface area contributed by atoms with E-state index < -0.39 is 29.5 Å². The molecule has 0 saturated heterocycles. The van der Waals surface area contributed by atoms with Crippen LogP contribution in [-0.2, 0) is 6.54 Å². The second-order valence-corrected chi connectivity index (χ2v) is 5.38. The van der Waals surface area contributed by atoms with Crippen LogP contribution in [0.1, 0.15) is 15.9 Å². The monoisotopic (exact) mass is 389 g/mol. The van der Waals surface area contributed by atoms with E-state index >= 15 is 0 Å². The first kappa shape index (κ1) is 19.4. The average molecular weight is 390 g/mol. The molecule has 138 valence electrons. The highest BCUT2D eigenvalue weighted by atomic mass is 35.5. The van der Waals surface area contributed by atoms with Gasteiger partial charge in [-0.25, -0.2) is 4.98 Å². The molecule has 0 spiro atoms. The van der Waals surface area contributed by atoms with Crippen LogP contribution in [0.2, 0.25) is 5.02 Å². The first-order valence-electron chi connectivity index (χ1n) is 7.03. The molecule has 0 saturated carbocycles. The van der Waals surface area contributed by atoms with Gasteiger partial charge in [-0.15, -0.1) is 0 Å². The van der Waals surface area contributed by atoms with Gasteiger partial charge < -0.3 is 10.1 Å². The normalized spacial score (nSPS) is 11.1. The Balaban J connectivity index is 2.11. The second kappa shape index (κ2) is 8.00. The Morgan fingerprint density at radius 2 is 2.08 bits per heavy atom. The highest BCUT2D eigenvalue weighted by molar-refractivity contribution is 6.31. The van der Waals surface area contributed by atoms with Crippen LogP contribution in [0.25, 0.3) is 0 Å². The Labute approximate surface area is 149 Å². The Bertz CT molecular complexity index is 830. The molecule has 2 aromatic rings. The number of alkyl halides is 3. The van der Waals surface area contributed by atoms with Gasteiger partial charge in [0.1, 0.15) is 5.56 Å². The van der Waals surface area contributed by atoms with Crippen molar-refractivity contribution in [3.8, 4) is 5.88 Å². The highest BCUT2D eigenvalue weighted by Gasteiger charge is 2.29. The Kier molecular flexibility index (Phi) is 5.98. The number of aromatic nitrogens is 1. The topological polar surface area (TPSA) is 94.4 Å². The first-order valence-corrected chi connectivity index (χ1v) is 7.41. The zero-order chi connectivity index (χ0) is 19.3. The minimum atomic E-state index is -4.58. The van der Waals surface area contributed by atoms with Gasteiger partial charge in [-0.3, -0.25) is 14.9 Å². The number of nitro benzene ring substituents is 1. The van der Waals surface area contributed by atoms with Crippen molar-refractivity contribution in [2.75, 3.05) is 6.61 Å². The van der Waals surface area contributed by atoms with Crippen LogP contribution in [0.3, 0.4) is 0 Å². The molecule has 7 nitrogen and oxygen atoms in total. The number of halogens is 4. The average Bonchev–Trinajstić information content (AvgIpc) is 2.58. The number of hydrogen-bond donors (Lipinski definition) is 1. The summed E-state index contributed by atoms with van der Waals surface area (Å²) in [5.74, 6) is -1.25. The van der Waals surface area contributed by atoms with E-state index in [2.05, 4.69) is 15.0 Å². The van der Waals surface area contributed by atoms with E-state index in [4.69, 9.17) is 11.6 Å². The van der Waals surface area contributed by atoms with Crippen LogP contribution in [0.4, 0.5) is 18.9 Å². The third-order valence-corrected chi connectivity index (χ3v) is 3.44. The number of carbonyl (C=O) groups is 1. The summed E-state index contributed by atoms with van der Waals surface area (Å²) in [5.41, 5.74) is -0.150. The van der Waals surface area contributed by atoms with Crippen LogP contribution in [0.5, 0.6) is 5.88 Å². The number of nitrogens with one attached hydrogen (secondary N) is 1. The molecule has 2 rings (SSSR count). The molecule has 0 aliphatic rings. The van der Waals surface area contributed by atoms with Crippen molar-refractivity contribution in [3.05, 3.63) is 62.8 Å². The molecular weight excluding hydrogens is 379 g/mol. The summed E-state index contributed by atoms with van der Waals surface area (Å²) in [6, 6.07) is 6.30. The SMILES string of the molecule is O=C(NCc1cc([N+](=O)[O-])ccc1Cl)c1cccnc1OCC(F)(F)F. The van der Waals surface area contributed by atoms with E-state index in [9.17, 15) is 28.1 Å². The fourth-order valence-corrected chi connectivity index (χ4v) is 2.09. The van der Waals surface area contributed by atoms with Gasteiger partial charge in [0.2, 0.25) is 5.88 Å². The molecular formula is C15H11ClF3N3O4. The maximum absolute atomic E-state index is 12.3. The molecule has 1 N–H and O–H groups in total. The lowest BCUT2D eigenvalue weighted by atomic mass is 10.2. The Hall–Kier alpha value is -2.88. The lowest BCUT2D eigenvalue weighted by Crippen LogP contribution is -2.25. The lowest BCUT2D eigenvalue weighted by Gasteiger charge is -2.12. The number of hydrogen-bond acceptors (Lipinski definition) is 5. The van der Waals surface area contributed by atoms with E-state index in [1.807, 2.05) is 0 Å². The molecule has 0 unspecified atom stereocenters. The zero-order valence-corrected chi connectivity index (χ0v) is 13.7. The van der Waals surface area contributed by atoms with Crippen molar-refractivity contribution in [1.82, 2.24) is 10.3 Å². The number of nitro groups is 1. The molecule has 0 bridgehead atoms. The molecule has 1 aromatic carbocycles. The van der Waals surface area contributed by atoms with E-state index in [-0.39, 0.29) is 28.4 Å². The number of rotatable bonds is 6. The molecule has 0 radical (unpaired) electrons. The maximum Gasteiger partial charge on any atom is 0.422 e. The maximum atomic E-state index is 12.3. The number of benzene rings is 1. The number of amides is 1. The van der Waals surface area contributed by atoms with Crippen molar-refractivity contribution < 1.29 is 27.6 Å². The summed E-state index contributed by atoms with van der Waals surface area (Å²) in [4.78, 5) is 26.0. The molecule has 0 aliphatic carbocycles. The molecule has 0 aliphatic heterocycles. The molecule has 11 heteroatoms. The van der Waals surface area contributed by atoms with Gasteiger partial charge in [-0.1, -0.05) is 11.6 Å². The van der Waals surface area contributed by atoms with Gasteiger partial charge >= 0.3 is 6.18 Å². The number of pyridine rings is 1. The number of ether oxygens (including phenoxy) is 1. The van der Waals surface area contributed by atoms with Crippen LogP contribution < -0.4 is 10.1 Å². The third-order valence-electron chi connectivity index (χ3n) is 3.07. The predicted octanol–water partition coefficient (Wildman–Crippen LogP) is 3.51. The molecule has 0 atom stereocenters. The summed E-state index contributed by atoms with van der Waals surface area (Å²) >= 11 is 5.93. The minimum absolute atomic E-state index is 0.174. The van der Waals surface area contributed by atoms with E-state index in [1.54, 1.807) is 0 Å². The molecule has 26 heavy (non-hydrogen) atoms. The van der Waals surface area contributed by atoms with Crippen molar-refractivity contribution in [1.29, 1.82) is 0 Å². The first-order chi connectivity index (χ1) is 12.2. The van der Waals surface area contributed by atoms with Crippen molar-refractivity contribution in [3.63, 3.8) is 0 Å². The summed E-state index contributed by atoms with van der Waals surface area (Å²) in [7, 11) is 0. The van der Waals surface area contributed by atoms with Gasteiger partial charge in [-0.2, -0.15) is 13.2 Å². The van der Waals surface area contributed by atoms with Crippen molar-refractivity contribution >= 4 is 23.2 Å². The van der Waals surface area contributed by atoms with Gasteiger partial charge in [0, 0.05) is 29.9 Å². The standard InChI is InChI=1S/C15H11ClF3N3O4/c16-12-4-3-10(22(24)25)6-9(12)7-21-13(23)11-2-1-5-20-14(11)26-8-15(17,18)19/h1-6H,7-8H2,(H,21,23). The van der Waals surface area contributed by atoms with E-state index in [0.717, 1.165) is 0 Å². The van der Waals surface area contributed by atoms with Gasteiger partial charge in [-0.05, 0) is 23.8 Å². The number of non-ortho nitro benzene ring substituents is 1. The Morgan fingerprint density at radius 1 is 1.35 bits per heavy atom. The van der Waals surface area contributed by atoms with Gasteiger partial charge in [0.05, 0.1) is 4.92 Å². The second-order valence-electron chi connectivity index (χ2n) is 4.98. The third kappa shape index (κ3) is 5.31. The zero-order valence-electron chi connectivity index (χ0n) is 12.9. The molecule has 1 heterocycles. The minimum Gasteiger partial charge on any atom is -0.467 e. The number of nitrogens with zero attached hydrogens (tertiary/aromatic N) is 2. The molecule has 0 fully saturated rings. The summed E-state index contributed by atoms with van der Waals surface area (Å²) in [6.45, 7) is -1.77. The quantitative estimate of drug-likeness (QED) is 0.602. The van der Waals surface area contributed by atoms with Crippen LogP contribution in [0, 0.1) is 10.1 Å².